The minimum absolute atomic E-state index is 0.0239. The van der Waals surface area contributed by atoms with Crippen LogP contribution in [0, 0.1) is 0 Å². The van der Waals surface area contributed by atoms with E-state index in [-0.39, 0.29) is 42.1 Å². The maximum Gasteiger partial charge on any atom is 0.295 e. The second-order valence-electron chi connectivity index (χ2n) is 10.3. The Labute approximate surface area is 254 Å². The lowest BCUT2D eigenvalue weighted by molar-refractivity contribution is 0.0691. The molecule has 1 aromatic heterocycles. The summed E-state index contributed by atoms with van der Waals surface area (Å²) in [5.41, 5.74) is 4.82. The third-order valence-corrected chi connectivity index (χ3v) is 8.07. The molecule has 4 aromatic rings. The number of nitrogens with one attached hydrogen (secondary N) is 2. The molecule has 5 rings (SSSR count). The quantitative estimate of drug-likeness (QED) is 0.153. The molecule has 2 amide bonds. The van der Waals surface area contributed by atoms with E-state index < -0.39 is 5.91 Å². The smallest absolute Gasteiger partial charge is 0.295 e. The Kier molecular flexibility index (Phi) is 9.81. The van der Waals surface area contributed by atoms with Crippen molar-refractivity contribution in [3.05, 3.63) is 123 Å². The first-order chi connectivity index (χ1) is 20.4. The molecule has 3 aromatic carbocycles. The van der Waals surface area contributed by atoms with Crippen molar-refractivity contribution in [2.75, 3.05) is 13.1 Å². The Bertz CT molecular complexity index is 1520. The molecule has 1 aliphatic rings. The predicted octanol–water partition coefficient (Wildman–Crippen LogP) is 5.94. The van der Waals surface area contributed by atoms with Crippen LogP contribution < -0.4 is 15.5 Å². The molecule has 10 heteroatoms. The Balaban J connectivity index is 1.37. The van der Waals surface area contributed by atoms with Crippen LogP contribution in [0.25, 0.3) is 0 Å². The highest BCUT2D eigenvalue weighted by atomic mass is 35.5. The summed E-state index contributed by atoms with van der Waals surface area (Å²) >= 11 is 12.2. The van der Waals surface area contributed by atoms with E-state index in [1.807, 2.05) is 48.5 Å². The van der Waals surface area contributed by atoms with Gasteiger partial charge in [-0.3, -0.25) is 19.7 Å². The summed E-state index contributed by atoms with van der Waals surface area (Å²) in [6.07, 6.45) is 3.20. The van der Waals surface area contributed by atoms with Crippen molar-refractivity contribution >= 4 is 35.0 Å². The normalized spacial score (nSPS) is 14.0. The van der Waals surface area contributed by atoms with Gasteiger partial charge in [-0.05, 0) is 41.7 Å². The van der Waals surface area contributed by atoms with E-state index in [1.54, 1.807) is 34.4 Å². The molecule has 0 atom stereocenters. The van der Waals surface area contributed by atoms with Crippen LogP contribution >= 0.6 is 23.2 Å². The van der Waals surface area contributed by atoms with Gasteiger partial charge < -0.3 is 14.6 Å². The largest absolute Gasteiger partial charge is 0.486 e. The van der Waals surface area contributed by atoms with Crippen molar-refractivity contribution in [2.24, 2.45) is 0 Å². The molecule has 0 aliphatic carbocycles. The summed E-state index contributed by atoms with van der Waals surface area (Å²) in [6, 6.07) is 24.9. The van der Waals surface area contributed by atoms with Crippen LogP contribution in [0.5, 0.6) is 5.75 Å². The number of benzene rings is 3. The maximum absolute atomic E-state index is 13.7. The topological polar surface area (TPSA) is 95.8 Å². The summed E-state index contributed by atoms with van der Waals surface area (Å²) in [5.74, 6) is -1.06. The van der Waals surface area contributed by atoms with Gasteiger partial charge in [-0.25, -0.2) is 5.48 Å². The van der Waals surface area contributed by atoms with Gasteiger partial charge in [0.15, 0.2) is 11.4 Å². The average Bonchev–Trinajstić information content (AvgIpc) is 3.37. The number of carbonyl (C=O) groups is 2. The molecule has 1 aliphatic heterocycles. The van der Waals surface area contributed by atoms with Crippen LogP contribution in [-0.4, -0.2) is 45.6 Å². The molecule has 8 nitrogen and oxygen atoms in total. The van der Waals surface area contributed by atoms with Crippen LogP contribution in [0.1, 0.15) is 50.4 Å². The Morgan fingerprint density at radius 3 is 2.10 bits per heavy atom. The second kappa shape index (κ2) is 13.9. The number of nitrogens with zero attached hydrogens (tertiary/aromatic N) is 2. The van der Waals surface area contributed by atoms with Gasteiger partial charge in [0.25, 0.3) is 11.8 Å². The van der Waals surface area contributed by atoms with Crippen LogP contribution in [0.2, 0.25) is 10.0 Å². The van der Waals surface area contributed by atoms with Crippen LogP contribution in [0.15, 0.2) is 85.1 Å². The van der Waals surface area contributed by atoms with Crippen molar-refractivity contribution < 1.29 is 19.5 Å². The zero-order chi connectivity index (χ0) is 29.5. The van der Waals surface area contributed by atoms with Crippen molar-refractivity contribution in [3.8, 4) is 5.75 Å². The van der Waals surface area contributed by atoms with Gasteiger partial charge in [-0.15, -0.1) is 0 Å². The standard InChI is InChI=1S/C32H32Cl2N4O4/c33-27-12-11-24(17-28(27)34)21-42-30-26(20-38(29(30)32(40)36-41)19-23-9-5-2-6-10-23)31(39)35-25-13-15-37(16-14-25)18-22-7-3-1-4-8-22/h1-12,17,20,25,41H,13-16,18-19,21H2,(H,35,39)(H,36,40). The number of hydroxylamine groups is 1. The van der Waals surface area contributed by atoms with E-state index in [0.717, 1.165) is 38.0 Å². The highest BCUT2D eigenvalue weighted by Crippen LogP contribution is 2.30. The number of carbonyl (C=O) groups excluding carboxylic acids is 2. The number of amides is 2. The molecule has 0 bridgehead atoms. The van der Waals surface area contributed by atoms with Crippen molar-refractivity contribution in [3.63, 3.8) is 0 Å². The van der Waals surface area contributed by atoms with Gasteiger partial charge in [0.1, 0.15) is 6.61 Å². The van der Waals surface area contributed by atoms with E-state index >= 15 is 0 Å². The number of halogens is 2. The lowest BCUT2D eigenvalue weighted by Gasteiger charge is -2.32. The van der Waals surface area contributed by atoms with Crippen LogP contribution in [0.3, 0.4) is 0 Å². The number of piperidine rings is 1. The number of aromatic nitrogens is 1. The molecule has 1 saturated heterocycles. The maximum atomic E-state index is 13.7. The van der Waals surface area contributed by atoms with Gasteiger partial charge in [0.2, 0.25) is 0 Å². The highest BCUT2D eigenvalue weighted by Gasteiger charge is 2.29. The molecule has 0 radical (unpaired) electrons. The molecule has 0 saturated carbocycles. The fourth-order valence-corrected chi connectivity index (χ4v) is 5.48. The van der Waals surface area contributed by atoms with E-state index in [4.69, 9.17) is 27.9 Å². The molecule has 3 N–H and O–H groups in total. The number of likely N-dealkylation sites (tertiary alicyclic amines) is 1. The first kappa shape index (κ1) is 29.7. The number of hydrogen-bond donors (Lipinski definition) is 3. The molecule has 2 heterocycles. The lowest BCUT2D eigenvalue weighted by atomic mass is 10.0. The fraction of sp³-hybridized carbons (Fsp3) is 0.250. The van der Waals surface area contributed by atoms with Crippen molar-refractivity contribution in [2.45, 2.75) is 38.6 Å². The average molecular weight is 608 g/mol. The van der Waals surface area contributed by atoms with Gasteiger partial charge >= 0.3 is 0 Å². The number of ether oxygens (including phenoxy) is 1. The SMILES string of the molecule is O=C(NC1CCN(Cc2ccccc2)CC1)c1cn(Cc2ccccc2)c(C(=O)NO)c1OCc1ccc(Cl)c(Cl)c1. The minimum atomic E-state index is -0.789. The zero-order valence-electron chi connectivity index (χ0n) is 22.9. The molecular formula is C32H32Cl2N4O4. The highest BCUT2D eigenvalue weighted by molar-refractivity contribution is 6.42. The number of rotatable bonds is 10. The molecule has 1 fully saturated rings. The summed E-state index contributed by atoms with van der Waals surface area (Å²) in [7, 11) is 0. The summed E-state index contributed by atoms with van der Waals surface area (Å²) in [4.78, 5) is 29.0. The van der Waals surface area contributed by atoms with E-state index in [2.05, 4.69) is 22.3 Å². The zero-order valence-corrected chi connectivity index (χ0v) is 24.4. The minimum Gasteiger partial charge on any atom is -0.486 e. The molecule has 42 heavy (non-hydrogen) atoms. The van der Waals surface area contributed by atoms with E-state index in [9.17, 15) is 14.8 Å². The van der Waals surface area contributed by atoms with Crippen molar-refractivity contribution in [1.29, 1.82) is 0 Å². The second-order valence-corrected chi connectivity index (χ2v) is 11.1. The van der Waals surface area contributed by atoms with Crippen LogP contribution in [0.4, 0.5) is 0 Å². The summed E-state index contributed by atoms with van der Waals surface area (Å²) < 4.78 is 7.73. The molecular weight excluding hydrogens is 575 g/mol. The van der Waals surface area contributed by atoms with Gasteiger partial charge in [0.05, 0.1) is 15.6 Å². The van der Waals surface area contributed by atoms with Crippen molar-refractivity contribution in [1.82, 2.24) is 20.3 Å². The Morgan fingerprint density at radius 1 is 0.833 bits per heavy atom. The Hall–Kier alpha value is -3.82. The lowest BCUT2D eigenvalue weighted by Crippen LogP contribution is -2.44. The predicted molar refractivity (Wildman–Crippen MR) is 162 cm³/mol. The molecule has 218 valence electrons. The third-order valence-electron chi connectivity index (χ3n) is 7.33. The Morgan fingerprint density at radius 2 is 1.48 bits per heavy atom. The van der Waals surface area contributed by atoms with Gasteiger partial charge in [0, 0.05) is 38.4 Å². The van der Waals surface area contributed by atoms with Gasteiger partial charge in [-0.2, -0.15) is 0 Å². The number of hydrogen-bond acceptors (Lipinski definition) is 5. The first-order valence-electron chi connectivity index (χ1n) is 13.8. The molecule has 0 spiro atoms. The summed E-state index contributed by atoms with van der Waals surface area (Å²) in [6.45, 7) is 2.89. The van der Waals surface area contributed by atoms with Gasteiger partial charge in [-0.1, -0.05) is 89.9 Å². The fourth-order valence-electron chi connectivity index (χ4n) is 5.16. The summed E-state index contributed by atoms with van der Waals surface area (Å²) in [5, 5.41) is 13.5. The van der Waals surface area contributed by atoms with E-state index in [1.165, 1.54) is 5.56 Å². The monoisotopic (exact) mass is 606 g/mol. The van der Waals surface area contributed by atoms with E-state index in [0.29, 0.717) is 15.6 Å². The first-order valence-corrected chi connectivity index (χ1v) is 14.5. The third kappa shape index (κ3) is 7.33. The molecule has 0 unspecified atom stereocenters. The van der Waals surface area contributed by atoms with Crippen LogP contribution in [-0.2, 0) is 19.7 Å².